The van der Waals surface area contributed by atoms with Crippen molar-refractivity contribution < 1.29 is 29.0 Å². The van der Waals surface area contributed by atoms with Crippen molar-refractivity contribution in [3.8, 4) is 0 Å². The topological polar surface area (TPSA) is 125 Å². The summed E-state index contributed by atoms with van der Waals surface area (Å²) in [5.74, 6) is -2.13. The zero-order chi connectivity index (χ0) is 21.2. The lowest BCUT2D eigenvalue weighted by Crippen LogP contribution is -2.54. The van der Waals surface area contributed by atoms with Gasteiger partial charge in [-0.1, -0.05) is 6.07 Å². The van der Waals surface area contributed by atoms with Gasteiger partial charge in [-0.05, 0) is 38.8 Å². The molecule has 1 unspecified atom stereocenters. The molecule has 9 heteroatoms. The lowest BCUT2D eigenvalue weighted by molar-refractivity contribution is -0.136. The second kappa shape index (κ2) is 8.30. The van der Waals surface area contributed by atoms with E-state index in [2.05, 4.69) is 10.6 Å². The molecule has 2 aliphatic rings. The van der Waals surface area contributed by atoms with Gasteiger partial charge in [0.25, 0.3) is 11.8 Å². The van der Waals surface area contributed by atoms with E-state index in [4.69, 9.17) is 9.84 Å². The molecule has 156 valence electrons. The average molecular weight is 403 g/mol. The van der Waals surface area contributed by atoms with E-state index < -0.39 is 35.3 Å². The minimum atomic E-state index is -0.990. The number of imide groups is 2. The summed E-state index contributed by atoms with van der Waals surface area (Å²) in [5, 5.41) is 14.3. The number of nitrogens with zero attached hydrogens (tertiary/aromatic N) is 1. The first-order valence-corrected chi connectivity index (χ1v) is 9.58. The van der Waals surface area contributed by atoms with E-state index in [-0.39, 0.29) is 30.6 Å². The van der Waals surface area contributed by atoms with Crippen molar-refractivity contribution in [1.82, 2.24) is 10.2 Å². The van der Waals surface area contributed by atoms with Crippen LogP contribution in [0.25, 0.3) is 0 Å². The van der Waals surface area contributed by atoms with Gasteiger partial charge in [0.2, 0.25) is 11.8 Å². The Bertz CT molecular complexity index is 851. The van der Waals surface area contributed by atoms with Gasteiger partial charge < -0.3 is 15.2 Å². The highest BCUT2D eigenvalue weighted by Crippen LogP contribution is 2.32. The maximum atomic E-state index is 13.0. The summed E-state index contributed by atoms with van der Waals surface area (Å²) in [6, 6.07) is 3.91. The predicted octanol–water partition coefficient (Wildman–Crippen LogP) is 0.677. The van der Waals surface area contributed by atoms with Gasteiger partial charge in [-0.25, -0.2) is 0 Å². The molecule has 2 heterocycles. The number of aliphatic hydroxyl groups excluding tert-OH is 1. The zero-order valence-corrected chi connectivity index (χ0v) is 16.5. The molecule has 1 aromatic carbocycles. The third kappa shape index (κ3) is 4.30. The van der Waals surface area contributed by atoms with E-state index in [1.165, 1.54) is 0 Å². The number of carbonyl (C=O) groups is 4. The number of benzene rings is 1. The molecule has 9 nitrogen and oxygen atoms in total. The molecule has 1 atom stereocenters. The fourth-order valence-electron chi connectivity index (χ4n) is 3.52. The van der Waals surface area contributed by atoms with E-state index in [0.717, 1.165) is 4.90 Å². The van der Waals surface area contributed by atoms with Crippen LogP contribution in [-0.2, 0) is 14.3 Å². The predicted molar refractivity (Wildman–Crippen MR) is 103 cm³/mol. The van der Waals surface area contributed by atoms with E-state index in [1.807, 2.05) is 13.8 Å². The second-order valence-electron chi connectivity index (χ2n) is 7.68. The molecule has 0 spiro atoms. The Morgan fingerprint density at radius 1 is 1.24 bits per heavy atom. The highest BCUT2D eigenvalue weighted by Gasteiger charge is 2.45. The number of carbonyl (C=O) groups excluding carboxylic acids is 4. The Morgan fingerprint density at radius 3 is 2.69 bits per heavy atom. The first kappa shape index (κ1) is 20.9. The summed E-state index contributed by atoms with van der Waals surface area (Å²) in [5.41, 5.74) is 0.464. The van der Waals surface area contributed by atoms with Crippen molar-refractivity contribution in [2.75, 3.05) is 25.1 Å². The van der Waals surface area contributed by atoms with E-state index >= 15 is 0 Å². The molecule has 3 rings (SSSR count). The molecule has 1 fully saturated rings. The van der Waals surface area contributed by atoms with E-state index in [0.29, 0.717) is 25.3 Å². The SMILES string of the molecule is CC(C)(CCO)OCCNc1cccc2c1C(=O)N(C1CCC(=O)NC1=O)C2=O. The maximum Gasteiger partial charge on any atom is 0.264 e. The molecule has 0 bridgehead atoms. The molecular weight excluding hydrogens is 378 g/mol. The van der Waals surface area contributed by atoms with Crippen LogP contribution in [-0.4, -0.2) is 65.0 Å². The van der Waals surface area contributed by atoms with Crippen LogP contribution in [0.15, 0.2) is 18.2 Å². The normalized spacial score (nSPS) is 19.4. The average Bonchev–Trinajstić information content (AvgIpc) is 2.91. The molecule has 0 aromatic heterocycles. The maximum absolute atomic E-state index is 13.0. The molecule has 2 aliphatic heterocycles. The molecular formula is C20H25N3O6. The number of nitrogens with one attached hydrogen (secondary N) is 2. The third-order valence-corrected chi connectivity index (χ3v) is 5.09. The van der Waals surface area contributed by atoms with Crippen LogP contribution < -0.4 is 10.6 Å². The number of anilines is 1. The standard InChI is InChI=1S/C20H25N3O6/c1-20(2,8-10-24)29-11-9-21-13-5-3-4-12-16(13)19(28)23(18(12)27)14-6-7-15(25)22-17(14)26/h3-5,14,21,24H,6-11H2,1-2H3,(H,22,25,26). The largest absolute Gasteiger partial charge is 0.396 e. The monoisotopic (exact) mass is 403 g/mol. The Hall–Kier alpha value is -2.78. The molecule has 1 saturated heterocycles. The van der Waals surface area contributed by atoms with Crippen LogP contribution in [0.4, 0.5) is 5.69 Å². The summed E-state index contributed by atoms with van der Waals surface area (Å²) >= 11 is 0. The smallest absolute Gasteiger partial charge is 0.264 e. The Labute approximate surface area is 168 Å². The molecule has 29 heavy (non-hydrogen) atoms. The van der Waals surface area contributed by atoms with Crippen molar-refractivity contribution in [3.63, 3.8) is 0 Å². The molecule has 4 amide bonds. The first-order valence-electron chi connectivity index (χ1n) is 9.58. The molecule has 0 radical (unpaired) electrons. The van der Waals surface area contributed by atoms with Crippen LogP contribution in [0.3, 0.4) is 0 Å². The third-order valence-electron chi connectivity index (χ3n) is 5.09. The van der Waals surface area contributed by atoms with Gasteiger partial charge in [-0.2, -0.15) is 0 Å². The Morgan fingerprint density at radius 2 is 2.00 bits per heavy atom. The summed E-state index contributed by atoms with van der Waals surface area (Å²) < 4.78 is 5.73. The molecule has 1 aromatic rings. The summed E-state index contributed by atoms with van der Waals surface area (Å²) in [4.78, 5) is 50.2. The lowest BCUT2D eigenvalue weighted by Gasteiger charge is -2.27. The van der Waals surface area contributed by atoms with Gasteiger partial charge in [0.05, 0.1) is 23.3 Å². The number of hydrogen-bond donors (Lipinski definition) is 3. The molecule has 0 saturated carbocycles. The van der Waals surface area contributed by atoms with Crippen LogP contribution in [0.2, 0.25) is 0 Å². The zero-order valence-electron chi connectivity index (χ0n) is 16.5. The van der Waals surface area contributed by atoms with Crippen molar-refractivity contribution in [3.05, 3.63) is 29.3 Å². The number of fused-ring (bicyclic) bond motifs is 1. The lowest BCUT2D eigenvalue weighted by atomic mass is 10.0. The van der Waals surface area contributed by atoms with E-state index in [1.54, 1.807) is 18.2 Å². The number of hydrogen-bond acceptors (Lipinski definition) is 7. The van der Waals surface area contributed by atoms with Gasteiger partial charge in [-0.3, -0.25) is 29.4 Å². The van der Waals surface area contributed by atoms with Crippen molar-refractivity contribution in [2.24, 2.45) is 0 Å². The number of aliphatic hydroxyl groups is 1. The summed E-state index contributed by atoms with van der Waals surface area (Å²) in [6.07, 6.45) is 0.699. The van der Waals surface area contributed by atoms with Crippen LogP contribution in [0, 0.1) is 0 Å². The first-order chi connectivity index (χ1) is 13.7. The molecule has 3 N–H and O–H groups in total. The van der Waals surface area contributed by atoms with Crippen LogP contribution in [0.1, 0.15) is 53.8 Å². The van der Waals surface area contributed by atoms with Gasteiger partial charge in [0, 0.05) is 25.3 Å². The van der Waals surface area contributed by atoms with Crippen LogP contribution >= 0.6 is 0 Å². The quantitative estimate of drug-likeness (QED) is 0.430. The van der Waals surface area contributed by atoms with E-state index in [9.17, 15) is 19.2 Å². The summed E-state index contributed by atoms with van der Waals surface area (Å²) in [7, 11) is 0. The van der Waals surface area contributed by atoms with Gasteiger partial charge in [-0.15, -0.1) is 0 Å². The van der Waals surface area contributed by atoms with Crippen LogP contribution in [0.5, 0.6) is 0 Å². The highest BCUT2D eigenvalue weighted by atomic mass is 16.5. The van der Waals surface area contributed by atoms with Gasteiger partial charge in [0.15, 0.2) is 0 Å². The fourth-order valence-corrected chi connectivity index (χ4v) is 3.52. The van der Waals surface area contributed by atoms with Crippen molar-refractivity contribution in [1.29, 1.82) is 0 Å². The highest BCUT2D eigenvalue weighted by molar-refractivity contribution is 6.25. The van der Waals surface area contributed by atoms with Crippen molar-refractivity contribution in [2.45, 2.75) is 44.8 Å². The summed E-state index contributed by atoms with van der Waals surface area (Å²) in [6.45, 7) is 4.52. The van der Waals surface area contributed by atoms with Crippen molar-refractivity contribution >= 4 is 29.3 Å². The second-order valence-corrected chi connectivity index (χ2v) is 7.68. The number of ether oxygens (including phenoxy) is 1. The number of rotatable bonds is 8. The Balaban J connectivity index is 1.71. The fraction of sp³-hybridized carbons (Fsp3) is 0.500. The number of amides is 4. The minimum Gasteiger partial charge on any atom is -0.396 e. The van der Waals surface area contributed by atoms with Gasteiger partial charge in [0.1, 0.15) is 6.04 Å². The Kier molecular flexibility index (Phi) is 5.99. The number of piperidine rings is 1. The van der Waals surface area contributed by atoms with Gasteiger partial charge >= 0.3 is 0 Å². The molecule has 0 aliphatic carbocycles. The minimum absolute atomic E-state index is 0.0272.